The second-order valence-corrected chi connectivity index (χ2v) is 5.90. The zero-order valence-electron chi connectivity index (χ0n) is 13.4. The van der Waals surface area contributed by atoms with Crippen LogP contribution in [0.1, 0.15) is 88.8 Å². The van der Waals surface area contributed by atoms with Crippen molar-refractivity contribution < 1.29 is 4.52 Å². The Kier molecular flexibility index (Phi) is 9.18. The highest BCUT2D eigenvalue weighted by Crippen LogP contribution is 2.19. The van der Waals surface area contributed by atoms with Crippen molar-refractivity contribution in [2.24, 2.45) is 0 Å². The number of unbranched alkanes of at least 4 members (excludes halogenated alkanes) is 10. The summed E-state index contributed by atoms with van der Waals surface area (Å²) in [4.78, 5) is 0. The van der Waals surface area contributed by atoms with Gasteiger partial charge < -0.3 is 10.3 Å². The molecular weight excluding hydrogens is 248 g/mol. The lowest BCUT2D eigenvalue weighted by Gasteiger charge is -2.02. The summed E-state index contributed by atoms with van der Waals surface area (Å²) in [5.74, 6) is 0.509. The first-order valence-corrected chi connectivity index (χ1v) is 8.46. The number of hydrogen-bond acceptors (Lipinski definition) is 3. The smallest absolute Gasteiger partial charge is 0.225 e. The second kappa shape index (κ2) is 10.8. The van der Waals surface area contributed by atoms with Gasteiger partial charge in [0.15, 0.2) is 0 Å². The van der Waals surface area contributed by atoms with E-state index in [0.717, 1.165) is 17.7 Å². The van der Waals surface area contributed by atoms with Crippen molar-refractivity contribution in [3.05, 3.63) is 11.3 Å². The Bertz CT molecular complexity index is 327. The third-order valence-corrected chi connectivity index (χ3v) is 4.05. The standard InChI is InChI=1S/C17H32N2O/c1-3-4-5-6-7-8-9-10-11-12-13-14-16-15(2)19-20-17(16)18/h3-14,18H2,1-2H3. The fourth-order valence-corrected chi connectivity index (χ4v) is 2.68. The minimum atomic E-state index is 0.509. The molecule has 0 radical (unpaired) electrons. The molecule has 1 aromatic rings. The lowest BCUT2D eigenvalue weighted by Crippen LogP contribution is -1.92. The van der Waals surface area contributed by atoms with Crippen molar-refractivity contribution in [2.45, 2.75) is 90.9 Å². The van der Waals surface area contributed by atoms with Gasteiger partial charge in [0.25, 0.3) is 0 Å². The molecule has 1 aromatic heterocycles. The fourth-order valence-electron chi connectivity index (χ4n) is 2.68. The van der Waals surface area contributed by atoms with Crippen LogP contribution in [0.2, 0.25) is 0 Å². The van der Waals surface area contributed by atoms with Crippen molar-refractivity contribution in [1.29, 1.82) is 0 Å². The van der Waals surface area contributed by atoms with Gasteiger partial charge in [-0.1, -0.05) is 76.3 Å². The van der Waals surface area contributed by atoms with Gasteiger partial charge in [-0.2, -0.15) is 0 Å². The van der Waals surface area contributed by atoms with E-state index in [4.69, 9.17) is 10.3 Å². The van der Waals surface area contributed by atoms with Gasteiger partial charge in [-0.15, -0.1) is 0 Å². The molecule has 2 N–H and O–H groups in total. The van der Waals surface area contributed by atoms with Crippen LogP contribution in [0.25, 0.3) is 0 Å². The van der Waals surface area contributed by atoms with Gasteiger partial charge in [0, 0.05) is 5.56 Å². The summed E-state index contributed by atoms with van der Waals surface area (Å²) in [6.45, 7) is 4.24. The molecule has 1 rings (SSSR count). The van der Waals surface area contributed by atoms with Crippen LogP contribution >= 0.6 is 0 Å². The third kappa shape index (κ3) is 6.97. The van der Waals surface area contributed by atoms with Gasteiger partial charge in [0.2, 0.25) is 5.88 Å². The number of anilines is 1. The summed E-state index contributed by atoms with van der Waals surface area (Å²) in [6, 6.07) is 0. The van der Waals surface area contributed by atoms with Crippen molar-refractivity contribution in [2.75, 3.05) is 5.73 Å². The lowest BCUT2D eigenvalue weighted by molar-refractivity contribution is 0.431. The number of hydrogen-bond donors (Lipinski definition) is 1. The Labute approximate surface area is 124 Å². The summed E-state index contributed by atoms with van der Waals surface area (Å²) in [6.07, 6.45) is 16.1. The summed E-state index contributed by atoms with van der Waals surface area (Å²) in [7, 11) is 0. The van der Waals surface area contributed by atoms with Gasteiger partial charge in [-0.3, -0.25) is 0 Å². The highest BCUT2D eigenvalue weighted by Gasteiger charge is 2.08. The highest BCUT2D eigenvalue weighted by atomic mass is 16.5. The van der Waals surface area contributed by atoms with E-state index in [-0.39, 0.29) is 0 Å². The third-order valence-electron chi connectivity index (χ3n) is 4.05. The Hall–Kier alpha value is -0.990. The highest BCUT2D eigenvalue weighted by molar-refractivity contribution is 5.38. The first kappa shape index (κ1) is 17.1. The minimum absolute atomic E-state index is 0.509. The van der Waals surface area contributed by atoms with E-state index in [1.807, 2.05) is 6.92 Å². The van der Waals surface area contributed by atoms with E-state index < -0.39 is 0 Å². The van der Waals surface area contributed by atoms with E-state index in [1.54, 1.807) is 0 Å². The molecule has 1 heterocycles. The van der Waals surface area contributed by atoms with Crippen LogP contribution in [0, 0.1) is 6.92 Å². The van der Waals surface area contributed by atoms with Crippen LogP contribution in [0.15, 0.2) is 4.52 Å². The molecule has 0 bridgehead atoms. The predicted octanol–water partition coefficient (Wildman–Crippen LogP) is 5.42. The van der Waals surface area contributed by atoms with Crippen molar-refractivity contribution in [3.8, 4) is 0 Å². The van der Waals surface area contributed by atoms with Crippen LogP contribution in [-0.4, -0.2) is 5.16 Å². The first-order valence-electron chi connectivity index (χ1n) is 8.46. The maximum absolute atomic E-state index is 5.74. The Morgan fingerprint density at radius 3 is 1.80 bits per heavy atom. The molecule has 0 saturated heterocycles. The topological polar surface area (TPSA) is 52.0 Å². The van der Waals surface area contributed by atoms with E-state index >= 15 is 0 Å². The molecule has 0 atom stereocenters. The molecule has 0 saturated carbocycles. The zero-order valence-corrected chi connectivity index (χ0v) is 13.4. The molecule has 0 unspecified atom stereocenters. The second-order valence-electron chi connectivity index (χ2n) is 5.90. The summed E-state index contributed by atoms with van der Waals surface area (Å²) < 4.78 is 4.97. The lowest BCUT2D eigenvalue weighted by atomic mass is 10.0. The van der Waals surface area contributed by atoms with Gasteiger partial charge in [0.05, 0.1) is 5.69 Å². The van der Waals surface area contributed by atoms with Crippen molar-refractivity contribution in [3.63, 3.8) is 0 Å². The Balaban J connectivity index is 1.88. The van der Waals surface area contributed by atoms with E-state index in [0.29, 0.717) is 5.88 Å². The average molecular weight is 280 g/mol. The van der Waals surface area contributed by atoms with Crippen LogP contribution in [-0.2, 0) is 6.42 Å². The number of aryl methyl sites for hydroxylation is 1. The maximum Gasteiger partial charge on any atom is 0.225 e. The molecule has 3 nitrogen and oxygen atoms in total. The zero-order chi connectivity index (χ0) is 14.6. The van der Waals surface area contributed by atoms with Crippen LogP contribution in [0.5, 0.6) is 0 Å². The summed E-state index contributed by atoms with van der Waals surface area (Å²) >= 11 is 0. The normalized spacial score (nSPS) is 11.1. The van der Waals surface area contributed by atoms with Crippen molar-refractivity contribution >= 4 is 5.88 Å². The van der Waals surface area contributed by atoms with Gasteiger partial charge in [0.1, 0.15) is 0 Å². The maximum atomic E-state index is 5.74. The van der Waals surface area contributed by atoms with Crippen LogP contribution < -0.4 is 5.73 Å². The molecule has 0 fully saturated rings. The molecule has 0 aliphatic heterocycles. The molecule has 116 valence electrons. The Morgan fingerprint density at radius 1 is 0.850 bits per heavy atom. The number of nitrogens with zero attached hydrogens (tertiary/aromatic N) is 1. The molecule has 20 heavy (non-hydrogen) atoms. The van der Waals surface area contributed by atoms with Gasteiger partial charge in [-0.25, -0.2) is 0 Å². The number of nitrogens with two attached hydrogens (primary N) is 1. The monoisotopic (exact) mass is 280 g/mol. The SMILES string of the molecule is CCCCCCCCCCCCCc1c(C)noc1N. The quantitative estimate of drug-likeness (QED) is 0.520. The molecule has 0 spiro atoms. The molecule has 0 aromatic carbocycles. The van der Waals surface area contributed by atoms with Crippen LogP contribution in [0.3, 0.4) is 0 Å². The Morgan fingerprint density at radius 2 is 1.35 bits per heavy atom. The van der Waals surface area contributed by atoms with Gasteiger partial charge >= 0.3 is 0 Å². The summed E-state index contributed by atoms with van der Waals surface area (Å²) in [5.41, 5.74) is 7.81. The van der Waals surface area contributed by atoms with Crippen LogP contribution in [0.4, 0.5) is 5.88 Å². The molecular formula is C17H32N2O. The molecule has 3 heteroatoms. The van der Waals surface area contributed by atoms with E-state index in [9.17, 15) is 0 Å². The summed E-state index contributed by atoms with van der Waals surface area (Å²) in [5, 5.41) is 3.89. The van der Waals surface area contributed by atoms with E-state index in [1.165, 1.54) is 70.6 Å². The predicted molar refractivity (Wildman–Crippen MR) is 85.8 cm³/mol. The molecule has 0 aliphatic rings. The molecule has 0 aliphatic carbocycles. The number of nitrogen functional groups attached to an aromatic ring is 1. The van der Waals surface area contributed by atoms with E-state index in [2.05, 4.69) is 12.1 Å². The largest absolute Gasteiger partial charge is 0.367 e. The van der Waals surface area contributed by atoms with Crippen molar-refractivity contribution in [1.82, 2.24) is 5.16 Å². The first-order chi connectivity index (χ1) is 9.75. The number of aromatic nitrogens is 1. The fraction of sp³-hybridized carbons (Fsp3) is 0.824. The van der Waals surface area contributed by atoms with Gasteiger partial charge in [-0.05, 0) is 19.8 Å². The minimum Gasteiger partial charge on any atom is -0.367 e. The number of rotatable bonds is 12. The molecule has 0 amide bonds. The average Bonchev–Trinajstić information content (AvgIpc) is 2.76.